The molecule has 1 fully saturated rings. The highest BCUT2D eigenvalue weighted by Gasteiger charge is 2.28. The Bertz CT molecular complexity index is 338. The van der Waals surface area contributed by atoms with Crippen molar-refractivity contribution in [2.75, 3.05) is 11.5 Å². The molecule has 2 nitrogen and oxygen atoms in total. The zero-order chi connectivity index (χ0) is 11.5. The van der Waals surface area contributed by atoms with Crippen LogP contribution in [0.4, 0.5) is 0 Å². The minimum Gasteiger partial charge on any atom is -0.323 e. The molecule has 16 heavy (non-hydrogen) atoms. The third-order valence-electron chi connectivity index (χ3n) is 2.69. The first-order chi connectivity index (χ1) is 7.72. The molecule has 0 bridgehead atoms. The van der Waals surface area contributed by atoms with Gasteiger partial charge in [-0.2, -0.15) is 11.8 Å². The van der Waals surface area contributed by atoms with Gasteiger partial charge in [0.05, 0.1) is 5.25 Å². The third kappa shape index (κ3) is 2.75. The molecule has 3 unspecified atom stereocenters. The van der Waals surface area contributed by atoms with Crippen LogP contribution in [-0.4, -0.2) is 21.7 Å². The van der Waals surface area contributed by atoms with E-state index in [1.807, 2.05) is 13.1 Å². The molecule has 90 valence electrons. The van der Waals surface area contributed by atoms with Gasteiger partial charge in [0.15, 0.2) is 0 Å². The summed E-state index contributed by atoms with van der Waals surface area (Å²) in [5.74, 6) is 2.53. The number of hydrogen-bond acceptors (Lipinski definition) is 5. The zero-order valence-electron chi connectivity index (χ0n) is 9.68. The maximum atomic E-state index is 5.88. The van der Waals surface area contributed by atoms with Crippen molar-refractivity contribution in [1.29, 1.82) is 0 Å². The van der Waals surface area contributed by atoms with Crippen LogP contribution in [0.5, 0.6) is 0 Å². The van der Waals surface area contributed by atoms with Crippen LogP contribution in [0, 0.1) is 0 Å². The Balaban J connectivity index is 2.14. The van der Waals surface area contributed by atoms with E-state index >= 15 is 0 Å². The average Bonchev–Trinajstić information content (AvgIpc) is 2.78. The Morgan fingerprint density at radius 1 is 1.50 bits per heavy atom. The van der Waals surface area contributed by atoms with E-state index in [9.17, 15) is 0 Å². The van der Waals surface area contributed by atoms with Crippen molar-refractivity contribution in [3.05, 3.63) is 16.1 Å². The molecule has 2 N–H and O–H groups in total. The minimum atomic E-state index is 0.118. The SMILES string of the molecule is CCC1SCCSC1c1ncc(C(C)N)s1. The van der Waals surface area contributed by atoms with Crippen LogP contribution >= 0.6 is 34.9 Å². The monoisotopic (exact) mass is 274 g/mol. The summed E-state index contributed by atoms with van der Waals surface area (Å²) in [5.41, 5.74) is 5.88. The molecule has 1 aromatic heterocycles. The van der Waals surface area contributed by atoms with Gasteiger partial charge in [-0.25, -0.2) is 4.98 Å². The van der Waals surface area contributed by atoms with E-state index in [0.29, 0.717) is 5.25 Å². The first-order valence-electron chi connectivity index (χ1n) is 5.66. The fraction of sp³-hybridized carbons (Fsp3) is 0.727. The van der Waals surface area contributed by atoms with Gasteiger partial charge in [-0.05, 0) is 13.3 Å². The Hall–Kier alpha value is 0.290. The summed E-state index contributed by atoms with van der Waals surface area (Å²) < 4.78 is 0. The molecule has 5 heteroatoms. The highest BCUT2D eigenvalue weighted by molar-refractivity contribution is 8.06. The molecule has 1 aromatic rings. The van der Waals surface area contributed by atoms with E-state index in [-0.39, 0.29) is 6.04 Å². The minimum absolute atomic E-state index is 0.118. The number of hydrogen-bond donors (Lipinski definition) is 1. The van der Waals surface area contributed by atoms with Crippen molar-refractivity contribution in [3.63, 3.8) is 0 Å². The summed E-state index contributed by atoms with van der Waals surface area (Å²) >= 11 is 5.96. The first kappa shape index (κ1) is 12.7. The van der Waals surface area contributed by atoms with Crippen LogP contribution in [0.1, 0.15) is 41.4 Å². The van der Waals surface area contributed by atoms with Gasteiger partial charge in [-0.15, -0.1) is 23.1 Å². The van der Waals surface area contributed by atoms with Crippen LogP contribution in [0.2, 0.25) is 0 Å². The number of thiazole rings is 1. The van der Waals surface area contributed by atoms with E-state index in [1.165, 1.54) is 27.8 Å². The molecule has 0 spiro atoms. The van der Waals surface area contributed by atoms with Gasteiger partial charge in [0, 0.05) is 33.9 Å². The first-order valence-corrected chi connectivity index (χ1v) is 8.58. The fourth-order valence-electron chi connectivity index (χ4n) is 1.77. The lowest BCUT2D eigenvalue weighted by Crippen LogP contribution is -2.18. The Kier molecular flexibility index (Phi) is 4.58. The predicted octanol–water partition coefficient (Wildman–Crippen LogP) is 3.46. The van der Waals surface area contributed by atoms with Gasteiger partial charge in [0.25, 0.3) is 0 Å². The summed E-state index contributed by atoms with van der Waals surface area (Å²) in [6.07, 6.45) is 3.19. The lowest BCUT2D eigenvalue weighted by atomic mass is 10.2. The standard InChI is InChI=1S/C11H18N2S3/c1-3-8-10(15-5-4-14-8)11-13-6-9(16-11)7(2)12/h6-8,10H,3-5,12H2,1-2H3. The summed E-state index contributed by atoms with van der Waals surface area (Å²) in [6, 6.07) is 0.118. The van der Waals surface area contributed by atoms with Crippen LogP contribution in [-0.2, 0) is 0 Å². The summed E-state index contributed by atoms with van der Waals surface area (Å²) in [4.78, 5) is 5.77. The van der Waals surface area contributed by atoms with Gasteiger partial charge >= 0.3 is 0 Å². The van der Waals surface area contributed by atoms with Gasteiger partial charge < -0.3 is 5.73 Å². The van der Waals surface area contributed by atoms with Gasteiger partial charge in [-0.3, -0.25) is 0 Å². The van der Waals surface area contributed by atoms with Crippen molar-refractivity contribution in [1.82, 2.24) is 4.98 Å². The number of thioether (sulfide) groups is 2. The maximum absolute atomic E-state index is 5.88. The number of rotatable bonds is 3. The van der Waals surface area contributed by atoms with Crippen LogP contribution in [0.15, 0.2) is 6.20 Å². The van der Waals surface area contributed by atoms with E-state index in [1.54, 1.807) is 11.3 Å². The molecule has 2 heterocycles. The topological polar surface area (TPSA) is 38.9 Å². The van der Waals surface area contributed by atoms with Gasteiger partial charge in [0.1, 0.15) is 5.01 Å². The van der Waals surface area contributed by atoms with E-state index in [4.69, 9.17) is 5.73 Å². The predicted molar refractivity (Wildman–Crippen MR) is 76.5 cm³/mol. The Morgan fingerprint density at radius 3 is 2.88 bits per heavy atom. The summed E-state index contributed by atoms with van der Waals surface area (Å²) in [7, 11) is 0. The van der Waals surface area contributed by atoms with Crippen LogP contribution in [0.25, 0.3) is 0 Å². The normalized spacial score (nSPS) is 27.9. The molecular weight excluding hydrogens is 256 g/mol. The van der Waals surface area contributed by atoms with E-state index in [0.717, 1.165) is 5.25 Å². The average molecular weight is 274 g/mol. The van der Waals surface area contributed by atoms with Crippen molar-refractivity contribution in [2.45, 2.75) is 36.8 Å². The second-order valence-corrected chi connectivity index (χ2v) is 7.69. The summed E-state index contributed by atoms with van der Waals surface area (Å²) in [5, 5.41) is 2.59. The Morgan fingerprint density at radius 2 is 2.25 bits per heavy atom. The number of nitrogens with zero attached hydrogens (tertiary/aromatic N) is 1. The number of nitrogens with two attached hydrogens (primary N) is 1. The van der Waals surface area contributed by atoms with Crippen molar-refractivity contribution in [2.24, 2.45) is 5.73 Å². The highest BCUT2D eigenvalue weighted by atomic mass is 32.2. The lowest BCUT2D eigenvalue weighted by molar-refractivity contribution is 0.788. The van der Waals surface area contributed by atoms with Gasteiger partial charge in [0.2, 0.25) is 0 Å². The molecule has 0 aromatic carbocycles. The molecule has 0 amide bonds. The second-order valence-electron chi connectivity index (χ2n) is 4.00. The number of aromatic nitrogens is 1. The fourth-order valence-corrected chi connectivity index (χ4v) is 6.08. The molecule has 3 atom stereocenters. The smallest absolute Gasteiger partial charge is 0.107 e. The van der Waals surface area contributed by atoms with E-state index in [2.05, 4.69) is 35.4 Å². The largest absolute Gasteiger partial charge is 0.323 e. The summed E-state index contributed by atoms with van der Waals surface area (Å²) in [6.45, 7) is 4.30. The lowest BCUT2D eigenvalue weighted by Gasteiger charge is -2.28. The van der Waals surface area contributed by atoms with Crippen molar-refractivity contribution < 1.29 is 0 Å². The molecule has 0 saturated carbocycles. The molecule has 0 aliphatic carbocycles. The molecule has 1 aliphatic rings. The zero-order valence-corrected chi connectivity index (χ0v) is 12.1. The molecule has 1 saturated heterocycles. The second kappa shape index (κ2) is 5.76. The molecular formula is C11H18N2S3. The molecule has 2 rings (SSSR count). The van der Waals surface area contributed by atoms with Crippen LogP contribution in [0.3, 0.4) is 0 Å². The van der Waals surface area contributed by atoms with Crippen molar-refractivity contribution in [3.8, 4) is 0 Å². The van der Waals surface area contributed by atoms with Crippen LogP contribution < -0.4 is 5.73 Å². The van der Waals surface area contributed by atoms with Crippen molar-refractivity contribution >= 4 is 34.9 Å². The molecule has 0 radical (unpaired) electrons. The van der Waals surface area contributed by atoms with Gasteiger partial charge in [-0.1, -0.05) is 6.92 Å². The quantitative estimate of drug-likeness (QED) is 0.916. The third-order valence-corrected chi connectivity index (χ3v) is 7.37. The Labute approximate surface area is 110 Å². The van der Waals surface area contributed by atoms with E-state index < -0.39 is 0 Å². The maximum Gasteiger partial charge on any atom is 0.107 e. The highest BCUT2D eigenvalue weighted by Crippen LogP contribution is 2.45. The molecule has 1 aliphatic heterocycles.